The molecule has 0 aliphatic heterocycles. The van der Waals surface area contributed by atoms with E-state index in [0.717, 1.165) is 0 Å². The van der Waals surface area contributed by atoms with Gasteiger partial charge >= 0.3 is 0 Å². The fourth-order valence-electron chi connectivity index (χ4n) is 1.57. The Morgan fingerprint density at radius 2 is 1.92 bits per heavy atom. The summed E-state index contributed by atoms with van der Waals surface area (Å²) in [5.41, 5.74) is 5.10. The van der Waals surface area contributed by atoms with Gasteiger partial charge in [0.05, 0.1) is 0 Å². The topological polar surface area (TPSA) is 95.5 Å². The van der Waals surface area contributed by atoms with E-state index in [1.54, 1.807) is 0 Å². The minimum Gasteiger partial charge on any atom is -0.369 e. The third kappa shape index (κ3) is 2.89. The maximum Gasteiger partial charge on any atom is 0.294 e. The fourth-order valence-corrected chi connectivity index (χ4v) is 1.57. The van der Waals surface area contributed by atoms with Crippen molar-refractivity contribution < 1.29 is 14.7 Å². The molecule has 0 atom stereocenters. The third-order valence-corrected chi connectivity index (χ3v) is 2.31. The number of carbonyl (C=O) groups excluding carboxylic acids is 1. The Balaban J connectivity index is 2.30. The van der Waals surface area contributed by atoms with Gasteiger partial charge in [0.2, 0.25) is 5.91 Å². The van der Waals surface area contributed by atoms with Gasteiger partial charge in [0.1, 0.15) is 6.10 Å². The van der Waals surface area contributed by atoms with Gasteiger partial charge in [-0.05, 0) is 25.7 Å². The lowest BCUT2D eigenvalue weighted by Gasteiger charge is -2.24. The first-order chi connectivity index (χ1) is 6.09. The zero-order valence-corrected chi connectivity index (χ0v) is 7.14. The minimum absolute atomic E-state index is 0.133. The van der Waals surface area contributed by atoms with Gasteiger partial charge in [-0.2, -0.15) is 0 Å². The highest BCUT2D eigenvalue weighted by atomic mass is 17.0. The maximum absolute atomic E-state index is 10.7. The lowest BCUT2D eigenvalue weighted by atomic mass is 9.87. The molecular weight excluding hydrogens is 176 g/mol. The average molecular weight is 188 g/mol. The Morgan fingerprint density at radius 1 is 1.38 bits per heavy atom. The Hall–Kier alpha value is -1.33. The van der Waals surface area contributed by atoms with Crippen LogP contribution in [0, 0.1) is 16.0 Å². The van der Waals surface area contributed by atoms with E-state index in [9.17, 15) is 14.9 Å². The second-order valence-electron chi connectivity index (χ2n) is 3.21. The average Bonchev–Trinajstić information content (AvgIpc) is 2.04. The lowest BCUT2D eigenvalue weighted by Crippen LogP contribution is -2.31. The number of rotatable bonds is 3. The van der Waals surface area contributed by atoms with Crippen LogP contribution in [0.2, 0.25) is 0 Å². The quantitative estimate of drug-likeness (QED) is 0.506. The van der Waals surface area contributed by atoms with Crippen molar-refractivity contribution in [3.8, 4) is 0 Å². The molecule has 1 rings (SSSR count). The van der Waals surface area contributed by atoms with E-state index < -0.39 is 5.09 Å². The van der Waals surface area contributed by atoms with Crippen molar-refractivity contribution in [3.63, 3.8) is 0 Å². The van der Waals surface area contributed by atoms with Crippen LogP contribution >= 0.6 is 0 Å². The first kappa shape index (κ1) is 9.76. The summed E-state index contributed by atoms with van der Waals surface area (Å²) in [6, 6.07) is 0. The highest BCUT2D eigenvalue weighted by Crippen LogP contribution is 2.25. The molecule has 0 saturated heterocycles. The molecule has 1 aliphatic carbocycles. The predicted molar refractivity (Wildman–Crippen MR) is 43.0 cm³/mol. The molecule has 0 heterocycles. The van der Waals surface area contributed by atoms with E-state index in [0.29, 0.717) is 25.7 Å². The molecule has 0 bridgehead atoms. The molecule has 1 amide bonds. The van der Waals surface area contributed by atoms with Gasteiger partial charge in [0.15, 0.2) is 0 Å². The number of nitrogens with zero attached hydrogens (tertiary/aromatic N) is 1. The Labute approximate surface area is 75.1 Å². The summed E-state index contributed by atoms with van der Waals surface area (Å²) in [7, 11) is 0. The van der Waals surface area contributed by atoms with Crippen molar-refractivity contribution in [1.82, 2.24) is 0 Å². The van der Waals surface area contributed by atoms with E-state index in [1.807, 2.05) is 0 Å². The van der Waals surface area contributed by atoms with Gasteiger partial charge < -0.3 is 10.6 Å². The largest absolute Gasteiger partial charge is 0.369 e. The highest BCUT2D eigenvalue weighted by molar-refractivity contribution is 5.76. The molecule has 2 N–H and O–H groups in total. The number of hydrogen-bond acceptors (Lipinski definition) is 4. The molecule has 0 radical (unpaired) electrons. The molecule has 13 heavy (non-hydrogen) atoms. The summed E-state index contributed by atoms with van der Waals surface area (Å²) < 4.78 is 0. The molecule has 0 aromatic heterocycles. The number of nitrogens with two attached hydrogens (primary N) is 1. The zero-order valence-electron chi connectivity index (χ0n) is 7.14. The van der Waals surface area contributed by atoms with Crippen LogP contribution in [-0.4, -0.2) is 17.1 Å². The van der Waals surface area contributed by atoms with E-state index in [2.05, 4.69) is 4.84 Å². The van der Waals surface area contributed by atoms with Gasteiger partial charge in [-0.25, -0.2) is 0 Å². The van der Waals surface area contributed by atoms with Crippen LogP contribution in [0.1, 0.15) is 25.7 Å². The standard InChI is InChI=1S/C7H12N2O4/c8-7(10)5-1-3-6(4-2-5)13-9(11)12/h5-6H,1-4H2,(H2,8,10). The van der Waals surface area contributed by atoms with Crippen molar-refractivity contribution >= 4 is 5.91 Å². The smallest absolute Gasteiger partial charge is 0.294 e. The van der Waals surface area contributed by atoms with Crippen molar-refractivity contribution in [2.24, 2.45) is 11.7 Å². The summed E-state index contributed by atoms with van der Waals surface area (Å²) in [6.07, 6.45) is 1.90. The van der Waals surface area contributed by atoms with E-state index in [1.165, 1.54) is 0 Å². The molecule has 0 aromatic rings. The Morgan fingerprint density at radius 3 is 2.31 bits per heavy atom. The first-order valence-electron chi connectivity index (χ1n) is 4.20. The summed E-state index contributed by atoms with van der Waals surface area (Å²) in [4.78, 5) is 25.1. The number of amides is 1. The second kappa shape index (κ2) is 4.06. The van der Waals surface area contributed by atoms with Crippen LogP contribution in [0.15, 0.2) is 0 Å². The monoisotopic (exact) mass is 188 g/mol. The summed E-state index contributed by atoms with van der Waals surface area (Å²) in [5, 5.41) is 9.19. The molecule has 1 aliphatic rings. The summed E-state index contributed by atoms with van der Waals surface area (Å²) in [6.45, 7) is 0. The highest BCUT2D eigenvalue weighted by Gasteiger charge is 2.26. The third-order valence-electron chi connectivity index (χ3n) is 2.31. The lowest BCUT2D eigenvalue weighted by molar-refractivity contribution is -0.769. The number of primary amides is 1. The maximum atomic E-state index is 10.7. The number of carbonyl (C=O) groups is 1. The molecule has 6 heteroatoms. The number of hydrogen-bond donors (Lipinski definition) is 1. The van der Waals surface area contributed by atoms with E-state index in [-0.39, 0.29) is 17.9 Å². The fraction of sp³-hybridized carbons (Fsp3) is 0.857. The van der Waals surface area contributed by atoms with E-state index >= 15 is 0 Å². The van der Waals surface area contributed by atoms with Crippen molar-refractivity contribution in [2.75, 3.05) is 0 Å². The van der Waals surface area contributed by atoms with Gasteiger partial charge in [0, 0.05) is 5.92 Å². The van der Waals surface area contributed by atoms with Crippen molar-refractivity contribution in [1.29, 1.82) is 0 Å². The van der Waals surface area contributed by atoms with E-state index in [4.69, 9.17) is 5.73 Å². The first-order valence-corrected chi connectivity index (χ1v) is 4.20. The molecule has 6 nitrogen and oxygen atoms in total. The molecule has 0 spiro atoms. The van der Waals surface area contributed by atoms with Crippen LogP contribution in [0.25, 0.3) is 0 Å². The molecule has 1 saturated carbocycles. The summed E-state index contributed by atoms with van der Waals surface area (Å²) >= 11 is 0. The normalized spacial score (nSPS) is 28.0. The second-order valence-corrected chi connectivity index (χ2v) is 3.21. The Bertz CT molecular complexity index is 211. The van der Waals surface area contributed by atoms with Gasteiger partial charge in [-0.1, -0.05) is 0 Å². The molecule has 0 unspecified atom stereocenters. The van der Waals surface area contributed by atoms with Crippen LogP contribution in [-0.2, 0) is 9.63 Å². The molecule has 0 aromatic carbocycles. The predicted octanol–water partition coefficient (Wildman–Crippen LogP) is 0.239. The van der Waals surface area contributed by atoms with Crippen LogP contribution < -0.4 is 5.73 Å². The van der Waals surface area contributed by atoms with Gasteiger partial charge in [-0.15, -0.1) is 10.1 Å². The van der Waals surface area contributed by atoms with Crippen molar-refractivity contribution in [2.45, 2.75) is 31.8 Å². The molecule has 74 valence electrons. The SMILES string of the molecule is NC(=O)C1CCC(O[N+](=O)[O-])CC1. The zero-order chi connectivity index (χ0) is 9.84. The van der Waals surface area contributed by atoms with Crippen LogP contribution in [0.3, 0.4) is 0 Å². The van der Waals surface area contributed by atoms with Crippen LogP contribution in [0.4, 0.5) is 0 Å². The molecular formula is C7H12N2O4. The van der Waals surface area contributed by atoms with Crippen LogP contribution in [0.5, 0.6) is 0 Å². The van der Waals surface area contributed by atoms with Gasteiger partial charge in [-0.3, -0.25) is 4.79 Å². The Kier molecular flexibility index (Phi) is 3.05. The minimum atomic E-state index is -0.782. The summed E-state index contributed by atoms with van der Waals surface area (Å²) in [5.74, 6) is -0.453. The van der Waals surface area contributed by atoms with Crippen molar-refractivity contribution in [3.05, 3.63) is 10.1 Å². The molecule has 1 fully saturated rings. The van der Waals surface area contributed by atoms with Gasteiger partial charge in [0.25, 0.3) is 5.09 Å².